The Morgan fingerprint density at radius 3 is 2.43 bits per heavy atom. The number of hydrogen-bond acceptors (Lipinski definition) is 3. The largest absolute Gasteiger partial charge is 0.494 e. The lowest BCUT2D eigenvalue weighted by Crippen LogP contribution is -2.29. The second-order valence-corrected chi connectivity index (χ2v) is 7.93. The van der Waals surface area contributed by atoms with Crippen LogP contribution in [0.5, 0.6) is 5.75 Å². The Bertz CT molecular complexity index is 771. The highest BCUT2D eigenvalue weighted by molar-refractivity contribution is 9.10. The highest BCUT2D eigenvalue weighted by Gasteiger charge is 1.99. The van der Waals surface area contributed by atoms with Crippen molar-refractivity contribution in [2.45, 2.75) is 25.7 Å². The van der Waals surface area contributed by atoms with Crippen LogP contribution < -0.4 is 26.4 Å². The van der Waals surface area contributed by atoms with E-state index in [1.807, 2.05) is 48.5 Å². The van der Waals surface area contributed by atoms with Crippen LogP contribution in [-0.2, 0) is 0 Å². The lowest BCUT2D eigenvalue weighted by Gasteiger charge is -2.11. The van der Waals surface area contributed by atoms with Crippen LogP contribution in [-0.4, -0.2) is 23.4 Å². The van der Waals surface area contributed by atoms with Crippen LogP contribution in [0, 0.1) is 0 Å². The molecule has 5 N–H and O–H groups in total. The summed E-state index contributed by atoms with van der Waals surface area (Å²) in [5.41, 5.74) is 7.29. The fourth-order valence-corrected chi connectivity index (χ4v) is 3.09. The number of rotatable bonds is 10. The van der Waals surface area contributed by atoms with Gasteiger partial charge in [-0.3, -0.25) is 0 Å². The SMILES string of the molecule is NC(=S)Nc1cccc(OCCCCCCNC(=S)Nc2ccc(Br)cc2)c1. The molecule has 0 fully saturated rings. The molecule has 0 atom stereocenters. The third-order valence-electron chi connectivity index (χ3n) is 3.83. The number of thiocarbonyl (C=S) groups is 2. The van der Waals surface area contributed by atoms with Crippen LogP contribution >= 0.6 is 40.4 Å². The van der Waals surface area contributed by atoms with E-state index >= 15 is 0 Å². The van der Waals surface area contributed by atoms with Crippen LogP contribution in [0.3, 0.4) is 0 Å². The van der Waals surface area contributed by atoms with E-state index in [9.17, 15) is 0 Å². The van der Waals surface area contributed by atoms with Crippen molar-refractivity contribution >= 4 is 62.0 Å². The van der Waals surface area contributed by atoms with Crippen LogP contribution in [0.15, 0.2) is 53.0 Å². The van der Waals surface area contributed by atoms with Gasteiger partial charge in [0.2, 0.25) is 0 Å². The second-order valence-electron chi connectivity index (χ2n) is 6.17. The molecule has 0 amide bonds. The first-order chi connectivity index (χ1) is 13.5. The van der Waals surface area contributed by atoms with Crippen LogP contribution in [0.4, 0.5) is 11.4 Å². The molecule has 28 heavy (non-hydrogen) atoms. The molecule has 0 aliphatic heterocycles. The average molecular weight is 481 g/mol. The molecule has 0 radical (unpaired) electrons. The first kappa shape index (κ1) is 22.4. The summed E-state index contributed by atoms with van der Waals surface area (Å²) in [6.07, 6.45) is 4.31. The van der Waals surface area contributed by atoms with E-state index in [4.69, 9.17) is 34.9 Å². The first-order valence-electron chi connectivity index (χ1n) is 9.12. The zero-order valence-electron chi connectivity index (χ0n) is 15.5. The van der Waals surface area contributed by atoms with Gasteiger partial charge in [-0.2, -0.15) is 0 Å². The van der Waals surface area contributed by atoms with Crippen molar-refractivity contribution in [2.75, 3.05) is 23.8 Å². The van der Waals surface area contributed by atoms with Crippen LogP contribution in [0.25, 0.3) is 0 Å². The van der Waals surface area contributed by atoms with E-state index in [2.05, 4.69) is 31.9 Å². The van der Waals surface area contributed by atoms with E-state index in [1.54, 1.807) is 0 Å². The number of nitrogens with two attached hydrogens (primary N) is 1. The molecule has 0 spiro atoms. The molecular weight excluding hydrogens is 456 g/mol. The maximum Gasteiger partial charge on any atom is 0.170 e. The van der Waals surface area contributed by atoms with Gasteiger partial charge in [0.1, 0.15) is 5.75 Å². The summed E-state index contributed by atoms with van der Waals surface area (Å²) in [7, 11) is 0. The predicted octanol–water partition coefficient (Wildman–Crippen LogP) is 5.03. The monoisotopic (exact) mass is 480 g/mol. The molecule has 0 aliphatic carbocycles. The molecule has 150 valence electrons. The predicted molar refractivity (Wildman–Crippen MR) is 129 cm³/mol. The standard InChI is InChI=1S/C20H25BrN4OS2/c21-15-8-10-16(11-9-15)25-20(28)23-12-3-1-2-4-13-26-18-7-5-6-17(14-18)24-19(22)27/h5-11,14H,1-4,12-13H2,(H3,22,24,27)(H2,23,25,28). The van der Waals surface area contributed by atoms with E-state index in [1.165, 1.54) is 0 Å². The lowest BCUT2D eigenvalue weighted by molar-refractivity contribution is 0.305. The minimum absolute atomic E-state index is 0.247. The molecule has 0 saturated carbocycles. The maximum absolute atomic E-state index is 5.77. The average Bonchev–Trinajstić information content (AvgIpc) is 2.65. The molecule has 2 aromatic carbocycles. The molecule has 0 aliphatic rings. The third kappa shape index (κ3) is 9.34. The molecular formula is C20H25BrN4OS2. The number of unbranched alkanes of at least 4 members (excludes halogenated alkanes) is 3. The van der Waals surface area contributed by atoms with Gasteiger partial charge in [-0.1, -0.05) is 34.8 Å². The molecule has 0 saturated heterocycles. The minimum atomic E-state index is 0.247. The van der Waals surface area contributed by atoms with Gasteiger partial charge >= 0.3 is 0 Å². The molecule has 5 nitrogen and oxygen atoms in total. The fourth-order valence-electron chi connectivity index (χ4n) is 2.49. The number of benzene rings is 2. The zero-order chi connectivity index (χ0) is 20.2. The number of hydrogen-bond donors (Lipinski definition) is 4. The highest BCUT2D eigenvalue weighted by atomic mass is 79.9. The molecule has 0 aromatic heterocycles. The Balaban J connectivity index is 1.51. The van der Waals surface area contributed by atoms with Crippen molar-refractivity contribution in [3.05, 3.63) is 53.0 Å². The highest BCUT2D eigenvalue weighted by Crippen LogP contribution is 2.17. The third-order valence-corrected chi connectivity index (χ3v) is 4.71. The van der Waals surface area contributed by atoms with Crippen molar-refractivity contribution < 1.29 is 4.74 Å². The number of ether oxygens (including phenoxy) is 1. The Morgan fingerprint density at radius 2 is 1.68 bits per heavy atom. The van der Waals surface area contributed by atoms with Crippen molar-refractivity contribution in [1.29, 1.82) is 0 Å². The van der Waals surface area contributed by atoms with Gasteiger partial charge in [0.25, 0.3) is 0 Å². The zero-order valence-corrected chi connectivity index (χ0v) is 18.8. The van der Waals surface area contributed by atoms with Gasteiger partial charge in [0, 0.05) is 28.5 Å². The van der Waals surface area contributed by atoms with Crippen molar-refractivity contribution in [3.8, 4) is 5.75 Å². The number of halogens is 1. The van der Waals surface area contributed by atoms with E-state index < -0.39 is 0 Å². The molecule has 0 unspecified atom stereocenters. The first-order valence-corrected chi connectivity index (χ1v) is 10.7. The quantitative estimate of drug-likeness (QED) is 0.280. The van der Waals surface area contributed by atoms with Gasteiger partial charge in [0.05, 0.1) is 6.61 Å². The topological polar surface area (TPSA) is 71.3 Å². The summed E-state index contributed by atoms with van der Waals surface area (Å²) >= 11 is 13.6. The van der Waals surface area contributed by atoms with E-state index in [-0.39, 0.29) is 5.11 Å². The van der Waals surface area contributed by atoms with Gasteiger partial charge in [-0.15, -0.1) is 0 Å². The minimum Gasteiger partial charge on any atom is -0.494 e. The molecule has 0 bridgehead atoms. The Hall–Kier alpha value is -1.90. The van der Waals surface area contributed by atoms with Gasteiger partial charge in [0.15, 0.2) is 10.2 Å². The number of anilines is 2. The van der Waals surface area contributed by atoms with Gasteiger partial charge in [-0.25, -0.2) is 0 Å². The Kier molecular flexibility index (Phi) is 10.0. The molecule has 2 rings (SSSR count). The van der Waals surface area contributed by atoms with Crippen LogP contribution in [0.1, 0.15) is 25.7 Å². The summed E-state index contributed by atoms with van der Waals surface area (Å²) in [5.74, 6) is 0.812. The molecule has 0 heterocycles. The Morgan fingerprint density at radius 1 is 0.929 bits per heavy atom. The lowest BCUT2D eigenvalue weighted by atomic mass is 10.2. The summed E-state index contributed by atoms with van der Waals surface area (Å²) in [6, 6.07) is 15.5. The normalized spacial score (nSPS) is 10.2. The van der Waals surface area contributed by atoms with E-state index in [0.29, 0.717) is 11.7 Å². The molecule has 8 heteroatoms. The summed E-state index contributed by atoms with van der Waals surface area (Å²) in [6.45, 7) is 1.55. The maximum atomic E-state index is 5.77. The summed E-state index contributed by atoms with van der Waals surface area (Å²) in [4.78, 5) is 0. The summed E-state index contributed by atoms with van der Waals surface area (Å²) in [5, 5.41) is 10.2. The van der Waals surface area contributed by atoms with Crippen molar-refractivity contribution in [3.63, 3.8) is 0 Å². The second kappa shape index (κ2) is 12.5. The van der Waals surface area contributed by atoms with Crippen LogP contribution in [0.2, 0.25) is 0 Å². The molecule has 2 aromatic rings. The van der Waals surface area contributed by atoms with E-state index in [0.717, 1.165) is 53.8 Å². The fraction of sp³-hybridized carbons (Fsp3) is 0.300. The van der Waals surface area contributed by atoms with Gasteiger partial charge < -0.3 is 26.4 Å². The Labute approximate surface area is 185 Å². The smallest absolute Gasteiger partial charge is 0.170 e. The van der Waals surface area contributed by atoms with Gasteiger partial charge in [-0.05, 0) is 73.7 Å². The van der Waals surface area contributed by atoms with Crippen molar-refractivity contribution in [1.82, 2.24) is 5.32 Å². The van der Waals surface area contributed by atoms with Crippen molar-refractivity contribution in [2.24, 2.45) is 5.73 Å². The summed E-state index contributed by atoms with van der Waals surface area (Å²) < 4.78 is 6.82. The number of nitrogens with one attached hydrogen (secondary N) is 3.